The number of hydrogen-bond donors (Lipinski definition) is 1. The Bertz CT molecular complexity index is 387. The Kier molecular flexibility index (Phi) is 5.95. The lowest BCUT2D eigenvalue weighted by molar-refractivity contribution is 0.0197. The molecule has 3 heteroatoms. The standard InChI is InChI=1S/C16H26FNO/c1-5-14(18)15(19-10-9-16(2,3)4)12-7-6-8-13(17)11-12/h6-8,11,14-15H,5,9-10,18H2,1-4H3. The molecule has 0 saturated heterocycles. The van der Waals surface area contributed by atoms with Crippen molar-refractivity contribution in [2.75, 3.05) is 6.61 Å². The molecule has 2 N–H and O–H groups in total. The first-order chi connectivity index (χ1) is 8.83. The number of halogens is 1. The molecule has 0 aliphatic heterocycles. The van der Waals surface area contributed by atoms with E-state index in [4.69, 9.17) is 10.5 Å². The number of ether oxygens (including phenoxy) is 1. The van der Waals surface area contributed by atoms with Gasteiger partial charge in [0.1, 0.15) is 5.82 Å². The maximum Gasteiger partial charge on any atom is 0.123 e. The lowest BCUT2D eigenvalue weighted by atomic mass is 9.93. The maximum absolute atomic E-state index is 13.3. The van der Waals surface area contributed by atoms with Crippen LogP contribution in [-0.4, -0.2) is 12.6 Å². The first-order valence-electron chi connectivity index (χ1n) is 6.96. The van der Waals surface area contributed by atoms with Crippen LogP contribution < -0.4 is 5.73 Å². The average Bonchev–Trinajstić information content (AvgIpc) is 2.32. The summed E-state index contributed by atoms with van der Waals surface area (Å²) in [7, 11) is 0. The van der Waals surface area contributed by atoms with Crippen LogP contribution in [0.3, 0.4) is 0 Å². The van der Waals surface area contributed by atoms with Crippen LogP contribution in [0.5, 0.6) is 0 Å². The van der Waals surface area contributed by atoms with Crippen molar-refractivity contribution >= 4 is 0 Å². The van der Waals surface area contributed by atoms with Gasteiger partial charge in [0, 0.05) is 12.6 Å². The molecule has 108 valence electrons. The predicted molar refractivity (Wildman–Crippen MR) is 77.4 cm³/mol. The van der Waals surface area contributed by atoms with Crippen molar-refractivity contribution in [2.24, 2.45) is 11.1 Å². The highest BCUT2D eigenvalue weighted by Gasteiger charge is 2.20. The fourth-order valence-electron chi connectivity index (χ4n) is 1.86. The van der Waals surface area contributed by atoms with E-state index in [1.165, 1.54) is 12.1 Å². The van der Waals surface area contributed by atoms with Gasteiger partial charge in [-0.25, -0.2) is 4.39 Å². The van der Waals surface area contributed by atoms with Gasteiger partial charge in [0.15, 0.2) is 0 Å². The largest absolute Gasteiger partial charge is 0.372 e. The first kappa shape index (κ1) is 16.1. The van der Waals surface area contributed by atoms with Crippen molar-refractivity contribution in [3.05, 3.63) is 35.6 Å². The van der Waals surface area contributed by atoms with Crippen molar-refractivity contribution < 1.29 is 9.13 Å². The van der Waals surface area contributed by atoms with E-state index in [-0.39, 0.29) is 23.4 Å². The van der Waals surface area contributed by atoms with Crippen LogP contribution in [0.15, 0.2) is 24.3 Å². The second-order valence-electron chi connectivity index (χ2n) is 6.23. The van der Waals surface area contributed by atoms with E-state index < -0.39 is 0 Å². The van der Waals surface area contributed by atoms with E-state index in [9.17, 15) is 4.39 Å². The van der Waals surface area contributed by atoms with Gasteiger partial charge in [-0.3, -0.25) is 0 Å². The molecule has 2 atom stereocenters. The van der Waals surface area contributed by atoms with Crippen molar-refractivity contribution in [3.63, 3.8) is 0 Å². The third-order valence-corrected chi connectivity index (χ3v) is 3.19. The second kappa shape index (κ2) is 7.01. The van der Waals surface area contributed by atoms with E-state index >= 15 is 0 Å². The highest BCUT2D eigenvalue weighted by molar-refractivity contribution is 5.20. The van der Waals surface area contributed by atoms with E-state index in [1.807, 2.05) is 13.0 Å². The Labute approximate surface area is 116 Å². The quantitative estimate of drug-likeness (QED) is 0.843. The van der Waals surface area contributed by atoms with Crippen LogP contribution in [0.25, 0.3) is 0 Å². The second-order valence-corrected chi connectivity index (χ2v) is 6.23. The zero-order valence-corrected chi connectivity index (χ0v) is 12.4. The molecule has 0 aliphatic rings. The summed E-state index contributed by atoms with van der Waals surface area (Å²) < 4.78 is 19.2. The molecule has 0 aliphatic carbocycles. The lowest BCUT2D eigenvalue weighted by Crippen LogP contribution is -2.30. The Hall–Kier alpha value is -0.930. The van der Waals surface area contributed by atoms with Crippen molar-refractivity contribution in [2.45, 2.75) is 52.7 Å². The summed E-state index contributed by atoms with van der Waals surface area (Å²) in [5, 5.41) is 0. The molecule has 1 aromatic rings. The molecular weight excluding hydrogens is 241 g/mol. The molecule has 0 aromatic heterocycles. The monoisotopic (exact) mass is 267 g/mol. The highest BCUT2D eigenvalue weighted by Crippen LogP contribution is 2.25. The zero-order valence-electron chi connectivity index (χ0n) is 12.4. The Morgan fingerprint density at radius 3 is 2.53 bits per heavy atom. The highest BCUT2D eigenvalue weighted by atomic mass is 19.1. The Balaban J connectivity index is 2.73. The minimum atomic E-state index is -0.245. The molecule has 0 saturated carbocycles. The van der Waals surface area contributed by atoms with Gasteiger partial charge in [-0.2, -0.15) is 0 Å². The van der Waals surface area contributed by atoms with Crippen LogP contribution in [0.4, 0.5) is 4.39 Å². The SMILES string of the molecule is CCC(N)C(OCCC(C)(C)C)c1cccc(F)c1. The van der Waals surface area contributed by atoms with Crippen LogP contribution in [0.2, 0.25) is 0 Å². The number of nitrogens with two attached hydrogens (primary N) is 1. The summed E-state index contributed by atoms with van der Waals surface area (Å²) in [5.74, 6) is -0.245. The zero-order chi connectivity index (χ0) is 14.5. The smallest absolute Gasteiger partial charge is 0.123 e. The molecule has 0 bridgehead atoms. The van der Waals surface area contributed by atoms with Gasteiger partial charge >= 0.3 is 0 Å². The third-order valence-electron chi connectivity index (χ3n) is 3.19. The fraction of sp³-hybridized carbons (Fsp3) is 0.625. The molecule has 0 fully saturated rings. The van der Waals surface area contributed by atoms with Crippen molar-refractivity contribution in [1.29, 1.82) is 0 Å². The van der Waals surface area contributed by atoms with E-state index in [2.05, 4.69) is 20.8 Å². The summed E-state index contributed by atoms with van der Waals surface area (Å²) >= 11 is 0. The van der Waals surface area contributed by atoms with Gasteiger partial charge in [0.05, 0.1) is 6.10 Å². The molecule has 19 heavy (non-hydrogen) atoms. The number of hydrogen-bond acceptors (Lipinski definition) is 2. The molecule has 0 heterocycles. The van der Waals surface area contributed by atoms with E-state index in [0.29, 0.717) is 6.61 Å². The number of rotatable bonds is 6. The van der Waals surface area contributed by atoms with Gasteiger partial charge < -0.3 is 10.5 Å². The molecule has 1 rings (SSSR count). The molecular formula is C16H26FNO. The van der Waals surface area contributed by atoms with Crippen molar-refractivity contribution in [3.8, 4) is 0 Å². The maximum atomic E-state index is 13.3. The Morgan fingerprint density at radius 2 is 2.00 bits per heavy atom. The Morgan fingerprint density at radius 1 is 1.32 bits per heavy atom. The first-order valence-corrected chi connectivity index (χ1v) is 6.96. The van der Waals surface area contributed by atoms with Crippen LogP contribution in [0.1, 0.15) is 52.2 Å². The van der Waals surface area contributed by atoms with Crippen LogP contribution in [-0.2, 0) is 4.74 Å². The number of benzene rings is 1. The molecule has 2 nitrogen and oxygen atoms in total. The summed E-state index contributed by atoms with van der Waals surface area (Å²) in [6.45, 7) is 9.18. The molecule has 1 aromatic carbocycles. The van der Waals surface area contributed by atoms with Crippen molar-refractivity contribution in [1.82, 2.24) is 0 Å². The molecule has 0 amide bonds. The van der Waals surface area contributed by atoms with Gasteiger partial charge in [-0.15, -0.1) is 0 Å². The summed E-state index contributed by atoms with van der Waals surface area (Å²) in [6.07, 6.45) is 1.52. The minimum Gasteiger partial charge on any atom is -0.372 e. The predicted octanol–water partition coefficient (Wildman–Crippen LogP) is 4.06. The summed E-state index contributed by atoms with van der Waals surface area (Å²) in [5.41, 5.74) is 7.15. The van der Waals surface area contributed by atoms with E-state index in [0.717, 1.165) is 18.4 Å². The van der Waals surface area contributed by atoms with Gasteiger partial charge in [0.25, 0.3) is 0 Å². The minimum absolute atomic E-state index is 0.109. The topological polar surface area (TPSA) is 35.2 Å². The molecule has 2 unspecified atom stereocenters. The summed E-state index contributed by atoms with van der Waals surface area (Å²) in [4.78, 5) is 0. The van der Waals surface area contributed by atoms with E-state index in [1.54, 1.807) is 6.07 Å². The molecule has 0 radical (unpaired) electrons. The van der Waals surface area contributed by atoms with Gasteiger partial charge in [0.2, 0.25) is 0 Å². The third kappa shape index (κ3) is 5.70. The summed E-state index contributed by atoms with van der Waals surface area (Å²) in [6, 6.07) is 6.42. The lowest BCUT2D eigenvalue weighted by Gasteiger charge is -2.26. The molecule has 0 spiro atoms. The fourth-order valence-corrected chi connectivity index (χ4v) is 1.86. The average molecular weight is 267 g/mol. The van der Waals surface area contributed by atoms with Gasteiger partial charge in [-0.1, -0.05) is 39.8 Å². The normalized spacial score (nSPS) is 15.3. The van der Waals surface area contributed by atoms with Gasteiger partial charge in [-0.05, 0) is 36.0 Å². The van der Waals surface area contributed by atoms with Crippen LogP contribution >= 0.6 is 0 Å². The van der Waals surface area contributed by atoms with Crippen LogP contribution in [0, 0.1) is 11.2 Å².